The molecule has 11 rings (SSSR count). The molecule has 0 bridgehead atoms. The van der Waals surface area contributed by atoms with E-state index >= 15 is 0 Å². The van der Waals surface area contributed by atoms with Crippen LogP contribution in [0.4, 0.5) is 34.1 Å². The minimum atomic E-state index is 0.446. The fourth-order valence-electron chi connectivity index (χ4n) is 9.19. The topological polar surface area (TPSA) is 56.6 Å². The van der Waals surface area contributed by atoms with Gasteiger partial charge in [-0.2, -0.15) is 5.26 Å². The average Bonchev–Trinajstić information content (AvgIpc) is 3.82. The Morgan fingerprint density at radius 1 is 0.387 bits per heavy atom. The van der Waals surface area contributed by atoms with Crippen LogP contribution in [-0.2, 0) is 0 Å². The van der Waals surface area contributed by atoms with Gasteiger partial charge in [-0.25, -0.2) is 0 Å². The Morgan fingerprint density at radius 2 is 0.839 bits per heavy atom. The number of nitriles is 1. The zero-order valence-electron chi connectivity index (χ0n) is 35.6. The lowest BCUT2D eigenvalue weighted by Crippen LogP contribution is -2.11. The number of rotatable bonds is 6. The molecule has 0 amide bonds. The van der Waals surface area contributed by atoms with Crippen LogP contribution in [0.3, 0.4) is 0 Å². The number of hydrogen-bond acceptors (Lipinski definition) is 5. The molecule has 0 fully saturated rings. The Balaban J connectivity index is 1.08. The SMILES string of the molecule is Cc1ccc(N(c2ccc3cc4c(cc3c2)oc2cc(C#N)c3oc5cc6cc(N(c7ccc(C)cc7)c7cc(C)ccc7C)ccc6cc5c3c24)c2cc(C)ccc2C)cc1. The van der Waals surface area contributed by atoms with E-state index in [0.29, 0.717) is 16.7 Å². The lowest BCUT2D eigenvalue weighted by atomic mass is 9.99. The van der Waals surface area contributed by atoms with Gasteiger partial charge in [0, 0.05) is 61.7 Å². The third-order valence-electron chi connectivity index (χ3n) is 12.5. The van der Waals surface area contributed by atoms with E-state index in [2.05, 4.69) is 203 Å². The first-order chi connectivity index (χ1) is 30.1. The predicted molar refractivity (Wildman–Crippen MR) is 259 cm³/mol. The van der Waals surface area contributed by atoms with E-state index in [-0.39, 0.29) is 0 Å². The maximum absolute atomic E-state index is 10.5. The highest BCUT2D eigenvalue weighted by Crippen LogP contribution is 2.46. The van der Waals surface area contributed by atoms with Gasteiger partial charge in [-0.1, -0.05) is 71.8 Å². The number of hydrogen-bond donors (Lipinski definition) is 0. The molecular formula is C57H43N3O2. The minimum Gasteiger partial charge on any atom is -0.456 e. The summed E-state index contributed by atoms with van der Waals surface area (Å²) in [7, 11) is 0. The number of nitrogens with zero attached hydrogens (tertiary/aromatic N) is 3. The van der Waals surface area contributed by atoms with Crippen molar-refractivity contribution in [3.8, 4) is 6.07 Å². The molecule has 9 aromatic carbocycles. The molecule has 0 N–H and O–H groups in total. The molecular weight excluding hydrogens is 759 g/mol. The number of aryl methyl sites for hydroxylation is 6. The molecule has 11 aromatic rings. The van der Waals surface area contributed by atoms with E-state index in [4.69, 9.17) is 8.83 Å². The van der Waals surface area contributed by atoms with Crippen LogP contribution < -0.4 is 9.80 Å². The monoisotopic (exact) mass is 801 g/mol. The van der Waals surface area contributed by atoms with Gasteiger partial charge >= 0.3 is 0 Å². The van der Waals surface area contributed by atoms with Crippen LogP contribution in [0.5, 0.6) is 0 Å². The van der Waals surface area contributed by atoms with Gasteiger partial charge in [0.25, 0.3) is 0 Å². The third kappa shape index (κ3) is 6.06. The summed E-state index contributed by atoms with van der Waals surface area (Å²) < 4.78 is 13.4. The van der Waals surface area contributed by atoms with Crippen molar-refractivity contribution in [3.05, 3.63) is 191 Å². The van der Waals surface area contributed by atoms with Crippen LogP contribution in [0.2, 0.25) is 0 Å². The second-order valence-electron chi connectivity index (χ2n) is 17.0. The molecule has 0 saturated carbocycles. The Hall–Kier alpha value is -7.81. The minimum absolute atomic E-state index is 0.446. The smallest absolute Gasteiger partial charge is 0.154 e. The van der Waals surface area contributed by atoms with Crippen LogP contribution >= 0.6 is 0 Å². The molecule has 62 heavy (non-hydrogen) atoms. The molecule has 298 valence electrons. The van der Waals surface area contributed by atoms with Crippen molar-refractivity contribution < 1.29 is 8.83 Å². The molecule has 0 aliphatic heterocycles. The zero-order valence-corrected chi connectivity index (χ0v) is 35.6. The van der Waals surface area contributed by atoms with E-state index in [1.807, 2.05) is 6.07 Å². The molecule has 2 heterocycles. The number of anilines is 6. The lowest BCUT2D eigenvalue weighted by Gasteiger charge is -2.28. The van der Waals surface area contributed by atoms with Crippen LogP contribution in [0, 0.1) is 52.9 Å². The summed E-state index contributed by atoms with van der Waals surface area (Å²) in [6, 6.07) is 56.8. The molecule has 5 heteroatoms. The lowest BCUT2D eigenvalue weighted by molar-refractivity contribution is 0.662. The molecule has 5 nitrogen and oxygen atoms in total. The third-order valence-corrected chi connectivity index (χ3v) is 12.5. The van der Waals surface area contributed by atoms with Crippen molar-refractivity contribution in [1.82, 2.24) is 0 Å². The summed E-state index contributed by atoms with van der Waals surface area (Å²) in [5, 5.41) is 18.5. The van der Waals surface area contributed by atoms with Crippen molar-refractivity contribution in [3.63, 3.8) is 0 Å². The van der Waals surface area contributed by atoms with Crippen LogP contribution in [0.1, 0.15) is 38.9 Å². The Labute approximate surface area is 360 Å². The van der Waals surface area contributed by atoms with E-state index in [9.17, 15) is 5.26 Å². The molecule has 0 unspecified atom stereocenters. The number of fused-ring (bicyclic) bond motifs is 9. The second-order valence-corrected chi connectivity index (χ2v) is 17.0. The molecule has 0 aliphatic carbocycles. The van der Waals surface area contributed by atoms with Crippen molar-refractivity contribution in [2.45, 2.75) is 41.5 Å². The second kappa shape index (κ2) is 14.1. The van der Waals surface area contributed by atoms with Gasteiger partial charge in [0.15, 0.2) is 5.58 Å². The fourth-order valence-corrected chi connectivity index (χ4v) is 9.19. The van der Waals surface area contributed by atoms with Gasteiger partial charge in [-0.15, -0.1) is 0 Å². The Kier molecular flexibility index (Phi) is 8.49. The first-order valence-corrected chi connectivity index (χ1v) is 21.1. The van der Waals surface area contributed by atoms with Crippen molar-refractivity contribution in [1.29, 1.82) is 5.26 Å². The number of furan rings is 2. The largest absolute Gasteiger partial charge is 0.456 e. The fraction of sp³-hybridized carbons (Fsp3) is 0.105. The highest BCUT2D eigenvalue weighted by atomic mass is 16.3. The summed E-state index contributed by atoms with van der Waals surface area (Å²) in [6.45, 7) is 12.8. The molecule has 0 atom stereocenters. The van der Waals surface area contributed by atoms with Gasteiger partial charge in [0.1, 0.15) is 22.8 Å². The first-order valence-electron chi connectivity index (χ1n) is 21.1. The summed E-state index contributed by atoms with van der Waals surface area (Å²) >= 11 is 0. The van der Waals surface area contributed by atoms with Crippen molar-refractivity contribution in [2.24, 2.45) is 0 Å². The maximum atomic E-state index is 10.5. The van der Waals surface area contributed by atoms with Crippen molar-refractivity contribution in [2.75, 3.05) is 9.80 Å². The predicted octanol–water partition coefficient (Wildman–Crippen LogP) is 16.5. The normalized spacial score (nSPS) is 11.7. The van der Waals surface area contributed by atoms with E-state index in [1.54, 1.807) is 0 Å². The van der Waals surface area contributed by atoms with Crippen LogP contribution in [0.15, 0.2) is 160 Å². The standard InChI is InChI=1S/C57H43N3O2/c1-33-9-17-44(18-10-33)59(50-23-35(3)7-13-37(50)5)46-21-15-39-27-48-52(29-41(39)25-46)61-54-31-43(32-58)57-56(55(48)54)49-28-40-16-22-47(26-42(40)30-53(49)62-57)60(45-19-11-34(2)12-20-45)51-24-36(4)8-14-38(51)6/h7-31H,1-6H3. The van der Waals surface area contributed by atoms with Crippen LogP contribution in [-0.4, -0.2) is 0 Å². The van der Waals surface area contributed by atoms with Gasteiger partial charge in [0.05, 0.1) is 5.56 Å². The first kappa shape index (κ1) is 37.2. The quantitative estimate of drug-likeness (QED) is 0.168. The Bertz CT molecular complexity index is 3660. The number of benzene rings is 9. The van der Waals surface area contributed by atoms with E-state index in [0.717, 1.165) is 88.4 Å². The molecule has 2 aromatic heterocycles. The van der Waals surface area contributed by atoms with E-state index < -0.39 is 0 Å². The van der Waals surface area contributed by atoms with E-state index in [1.165, 1.54) is 33.4 Å². The highest BCUT2D eigenvalue weighted by Gasteiger charge is 2.23. The molecule has 0 spiro atoms. The summed E-state index contributed by atoms with van der Waals surface area (Å²) in [5.41, 5.74) is 17.0. The maximum Gasteiger partial charge on any atom is 0.154 e. The zero-order chi connectivity index (χ0) is 42.4. The van der Waals surface area contributed by atoms with Gasteiger partial charge in [0.2, 0.25) is 0 Å². The van der Waals surface area contributed by atoms with Crippen LogP contribution in [0.25, 0.3) is 65.4 Å². The highest BCUT2D eigenvalue weighted by molar-refractivity contribution is 6.28. The summed E-state index contributed by atoms with van der Waals surface area (Å²) in [6.07, 6.45) is 0. The van der Waals surface area contributed by atoms with Crippen molar-refractivity contribution >= 4 is 99.5 Å². The van der Waals surface area contributed by atoms with Gasteiger partial charge in [-0.05, 0) is 170 Å². The van der Waals surface area contributed by atoms with Gasteiger partial charge in [-0.3, -0.25) is 0 Å². The molecule has 0 saturated heterocycles. The Morgan fingerprint density at radius 3 is 1.34 bits per heavy atom. The molecule has 0 aliphatic rings. The molecule has 0 radical (unpaired) electrons. The summed E-state index contributed by atoms with van der Waals surface area (Å²) in [4.78, 5) is 4.66. The van der Waals surface area contributed by atoms with Gasteiger partial charge < -0.3 is 18.6 Å². The summed E-state index contributed by atoms with van der Waals surface area (Å²) in [5.74, 6) is 0. The average molecular weight is 802 g/mol.